The molecule has 0 fully saturated rings. The van der Waals surface area contributed by atoms with Crippen molar-refractivity contribution in [2.24, 2.45) is 0 Å². The monoisotopic (exact) mass is 280 g/mol. The maximum Gasteiger partial charge on any atom is 0.0343 e. The standard InChI is InChI=1S/C19H24N2/c1-15-14-20-11-10-17-7-8-18(13-19(15)17)21-12-9-16-5-3-2-4-6-16/h2-8,13,15,20-21H,9-12,14H2,1H3. The maximum atomic E-state index is 3.56. The van der Waals surface area contributed by atoms with Crippen molar-refractivity contribution in [3.05, 3.63) is 65.2 Å². The molecule has 1 heterocycles. The van der Waals surface area contributed by atoms with Gasteiger partial charge in [-0.1, -0.05) is 43.3 Å². The Morgan fingerprint density at radius 1 is 1.14 bits per heavy atom. The molecule has 0 saturated heterocycles. The average Bonchev–Trinajstić information content (AvgIpc) is 2.70. The SMILES string of the molecule is CC1CNCCc2ccc(NCCc3ccccc3)cc21. The number of anilines is 1. The van der Waals surface area contributed by atoms with Crippen LogP contribution < -0.4 is 10.6 Å². The second-order valence-electron chi connectivity index (χ2n) is 5.93. The van der Waals surface area contributed by atoms with E-state index in [9.17, 15) is 0 Å². The van der Waals surface area contributed by atoms with Crippen LogP contribution in [0.5, 0.6) is 0 Å². The molecule has 3 rings (SSSR count). The van der Waals surface area contributed by atoms with Gasteiger partial charge < -0.3 is 10.6 Å². The Labute approximate surface area is 127 Å². The molecule has 2 N–H and O–H groups in total. The Morgan fingerprint density at radius 3 is 2.86 bits per heavy atom. The Morgan fingerprint density at radius 2 is 2.00 bits per heavy atom. The van der Waals surface area contributed by atoms with Gasteiger partial charge in [-0.2, -0.15) is 0 Å². The summed E-state index contributed by atoms with van der Waals surface area (Å²) in [6, 6.07) is 17.5. The normalized spacial score (nSPS) is 17.9. The molecule has 0 radical (unpaired) electrons. The van der Waals surface area contributed by atoms with Crippen molar-refractivity contribution in [1.29, 1.82) is 0 Å². The first-order chi connectivity index (χ1) is 10.3. The highest BCUT2D eigenvalue weighted by Gasteiger charge is 2.14. The van der Waals surface area contributed by atoms with Crippen LogP contribution in [0.3, 0.4) is 0 Å². The van der Waals surface area contributed by atoms with E-state index in [-0.39, 0.29) is 0 Å². The molecule has 2 aromatic rings. The molecule has 2 nitrogen and oxygen atoms in total. The van der Waals surface area contributed by atoms with E-state index in [0.717, 1.165) is 32.5 Å². The van der Waals surface area contributed by atoms with Crippen molar-refractivity contribution in [3.63, 3.8) is 0 Å². The summed E-state index contributed by atoms with van der Waals surface area (Å²) < 4.78 is 0. The summed E-state index contributed by atoms with van der Waals surface area (Å²) in [6.45, 7) is 5.47. The molecule has 0 bridgehead atoms. The molecular formula is C19H24N2. The molecule has 21 heavy (non-hydrogen) atoms. The topological polar surface area (TPSA) is 24.1 Å². The number of nitrogens with one attached hydrogen (secondary N) is 2. The summed E-state index contributed by atoms with van der Waals surface area (Å²) in [5.41, 5.74) is 5.64. The number of hydrogen-bond donors (Lipinski definition) is 2. The van der Waals surface area contributed by atoms with Gasteiger partial charge >= 0.3 is 0 Å². The van der Waals surface area contributed by atoms with Crippen molar-refractivity contribution in [2.75, 3.05) is 25.0 Å². The van der Waals surface area contributed by atoms with Crippen LogP contribution in [-0.2, 0) is 12.8 Å². The van der Waals surface area contributed by atoms with E-state index in [0.29, 0.717) is 5.92 Å². The van der Waals surface area contributed by atoms with Crippen molar-refractivity contribution >= 4 is 5.69 Å². The molecule has 110 valence electrons. The number of benzene rings is 2. The van der Waals surface area contributed by atoms with Gasteiger partial charge in [-0.3, -0.25) is 0 Å². The summed E-state index contributed by atoms with van der Waals surface area (Å²) in [6.07, 6.45) is 2.21. The van der Waals surface area contributed by atoms with Gasteiger partial charge in [0.15, 0.2) is 0 Å². The minimum atomic E-state index is 0.596. The van der Waals surface area contributed by atoms with Crippen LogP contribution in [0.25, 0.3) is 0 Å². The Kier molecular flexibility index (Phi) is 4.56. The van der Waals surface area contributed by atoms with Gasteiger partial charge in [-0.15, -0.1) is 0 Å². The first-order valence-electron chi connectivity index (χ1n) is 7.94. The predicted molar refractivity (Wildman–Crippen MR) is 90.1 cm³/mol. The number of hydrogen-bond acceptors (Lipinski definition) is 2. The van der Waals surface area contributed by atoms with Crippen LogP contribution in [0.4, 0.5) is 5.69 Å². The largest absolute Gasteiger partial charge is 0.385 e. The van der Waals surface area contributed by atoms with Crippen LogP contribution in [0.1, 0.15) is 29.5 Å². The minimum Gasteiger partial charge on any atom is -0.385 e. The smallest absolute Gasteiger partial charge is 0.0343 e. The van der Waals surface area contributed by atoms with Gasteiger partial charge in [0.05, 0.1) is 0 Å². The zero-order chi connectivity index (χ0) is 14.5. The zero-order valence-corrected chi connectivity index (χ0v) is 12.7. The molecule has 1 unspecified atom stereocenters. The fourth-order valence-electron chi connectivity index (χ4n) is 3.04. The van der Waals surface area contributed by atoms with Crippen molar-refractivity contribution in [1.82, 2.24) is 5.32 Å². The van der Waals surface area contributed by atoms with Crippen molar-refractivity contribution < 1.29 is 0 Å². The lowest BCUT2D eigenvalue weighted by atomic mass is 9.95. The number of rotatable bonds is 4. The van der Waals surface area contributed by atoms with E-state index in [1.54, 1.807) is 0 Å². The van der Waals surface area contributed by atoms with Gasteiger partial charge in [0, 0.05) is 18.8 Å². The summed E-state index contributed by atoms with van der Waals surface area (Å²) >= 11 is 0. The van der Waals surface area contributed by atoms with Crippen LogP contribution >= 0.6 is 0 Å². The second kappa shape index (κ2) is 6.77. The quantitative estimate of drug-likeness (QED) is 0.894. The lowest BCUT2D eigenvalue weighted by Gasteiger charge is -2.15. The molecule has 1 aliphatic rings. The fourth-order valence-corrected chi connectivity index (χ4v) is 3.04. The van der Waals surface area contributed by atoms with E-state index in [2.05, 4.69) is 66.1 Å². The van der Waals surface area contributed by atoms with Crippen molar-refractivity contribution in [2.45, 2.75) is 25.7 Å². The van der Waals surface area contributed by atoms with Gasteiger partial charge in [-0.05, 0) is 54.1 Å². The van der Waals surface area contributed by atoms with Crippen LogP contribution in [0.15, 0.2) is 48.5 Å². The molecule has 1 aliphatic heterocycles. The van der Waals surface area contributed by atoms with Gasteiger partial charge in [0.2, 0.25) is 0 Å². The molecular weight excluding hydrogens is 256 g/mol. The average molecular weight is 280 g/mol. The third-order valence-corrected chi connectivity index (χ3v) is 4.28. The molecule has 0 aromatic heterocycles. The third-order valence-electron chi connectivity index (χ3n) is 4.28. The predicted octanol–water partition coefficient (Wildman–Crippen LogP) is 3.59. The van der Waals surface area contributed by atoms with E-state index in [1.165, 1.54) is 22.4 Å². The molecule has 0 spiro atoms. The summed E-state index contributed by atoms with van der Waals surface area (Å²) in [4.78, 5) is 0. The fraction of sp³-hybridized carbons (Fsp3) is 0.368. The molecule has 1 atom stereocenters. The highest BCUT2D eigenvalue weighted by Crippen LogP contribution is 2.25. The Hall–Kier alpha value is -1.80. The minimum absolute atomic E-state index is 0.596. The third kappa shape index (κ3) is 3.64. The molecule has 0 saturated carbocycles. The van der Waals surface area contributed by atoms with Crippen LogP contribution in [0, 0.1) is 0 Å². The lowest BCUT2D eigenvalue weighted by Crippen LogP contribution is -2.18. The Bertz CT molecular complexity index is 577. The van der Waals surface area contributed by atoms with E-state index >= 15 is 0 Å². The van der Waals surface area contributed by atoms with Gasteiger partial charge in [0.25, 0.3) is 0 Å². The van der Waals surface area contributed by atoms with Gasteiger partial charge in [0.1, 0.15) is 0 Å². The highest BCUT2D eigenvalue weighted by atomic mass is 14.9. The van der Waals surface area contributed by atoms with E-state index in [1.807, 2.05) is 0 Å². The maximum absolute atomic E-state index is 3.56. The van der Waals surface area contributed by atoms with Crippen LogP contribution in [-0.4, -0.2) is 19.6 Å². The first-order valence-corrected chi connectivity index (χ1v) is 7.94. The summed E-state index contributed by atoms with van der Waals surface area (Å²) in [7, 11) is 0. The lowest BCUT2D eigenvalue weighted by molar-refractivity contribution is 0.644. The number of fused-ring (bicyclic) bond motifs is 1. The highest BCUT2D eigenvalue weighted by molar-refractivity contribution is 5.50. The first kappa shape index (κ1) is 14.2. The second-order valence-corrected chi connectivity index (χ2v) is 5.93. The Balaban J connectivity index is 1.64. The van der Waals surface area contributed by atoms with E-state index in [4.69, 9.17) is 0 Å². The zero-order valence-electron chi connectivity index (χ0n) is 12.7. The molecule has 0 aliphatic carbocycles. The van der Waals surface area contributed by atoms with Crippen LogP contribution in [0.2, 0.25) is 0 Å². The molecule has 2 heteroatoms. The summed E-state index contributed by atoms with van der Waals surface area (Å²) in [5, 5.41) is 7.07. The molecule has 2 aromatic carbocycles. The van der Waals surface area contributed by atoms with Crippen molar-refractivity contribution in [3.8, 4) is 0 Å². The van der Waals surface area contributed by atoms with Gasteiger partial charge in [-0.25, -0.2) is 0 Å². The summed E-state index contributed by atoms with van der Waals surface area (Å²) in [5.74, 6) is 0.596. The molecule has 0 amide bonds. The van der Waals surface area contributed by atoms with E-state index < -0.39 is 0 Å².